The maximum Gasteiger partial charge on any atom is 0.141 e. The molecule has 104 valence electrons. The largest absolute Gasteiger partial charge is 0.383 e. The number of nitrogens with two attached hydrogens (primary N) is 1. The summed E-state index contributed by atoms with van der Waals surface area (Å²) in [6.45, 7) is 4.37. The number of nitrogens with zero attached hydrogens (tertiary/aromatic N) is 2. The van der Waals surface area contributed by atoms with Gasteiger partial charge in [0.05, 0.1) is 11.6 Å². The van der Waals surface area contributed by atoms with E-state index in [2.05, 4.69) is 10.9 Å². The summed E-state index contributed by atoms with van der Waals surface area (Å²) in [6.07, 6.45) is 5.37. The smallest absolute Gasteiger partial charge is 0.141 e. The van der Waals surface area contributed by atoms with Gasteiger partial charge in [-0.25, -0.2) is 9.37 Å². The maximum atomic E-state index is 13.2. The molecule has 20 heavy (non-hydrogen) atoms. The molecule has 0 spiro atoms. The quantitative estimate of drug-likeness (QED) is 0.877. The van der Waals surface area contributed by atoms with E-state index in [1.54, 1.807) is 10.6 Å². The van der Waals surface area contributed by atoms with Gasteiger partial charge in [0.1, 0.15) is 23.2 Å². The van der Waals surface area contributed by atoms with E-state index in [9.17, 15) is 4.39 Å². The fourth-order valence-corrected chi connectivity index (χ4v) is 2.22. The van der Waals surface area contributed by atoms with Crippen molar-refractivity contribution in [3.63, 3.8) is 0 Å². The summed E-state index contributed by atoms with van der Waals surface area (Å²) in [5.41, 5.74) is 7.36. The standard InChI is InChI=1S/C15H15ClFN3/c1-4-7-20-14(18)13(19-15(20)9(2)3)10-5-6-12(17)11(16)8-10/h1,5-6,8-9H,7,18H2,2-3H3. The molecule has 0 saturated carbocycles. The van der Waals surface area contributed by atoms with Gasteiger partial charge in [-0.05, 0) is 18.2 Å². The molecule has 0 unspecified atom stereocenters. The number of hydrogen-bond donors (Lipinski definition) is 1. The highest BCUT2D eigenvalue weighted by molar-refractivity contribution is 6.31. The van der Waals surface area contributed by atoms with Crippen LogP contribution in [0.15, 0.2) is 18.2 Å². The second kappa shape index (κ2) is 5.56. The van der Waals surface area contributed by atoms with Crippen LogP contribution in [0.4, 0.5) is 10.2 Å². The van der Waals surface area contributed by atoms with Gasteiger partial charge in [0.2, 0.25) is 0 Å². The molecule has 0 aliphatic rings. The van der Waals surface area contributed by atoms with Crippen LogP contribution in [0.2, 0.25) is 5.02 Å². The number of anilines is 1. The molecule has 1 heterocycles. The van der Waals surface area contributed by atoms with Crippen LogP contribution in [0.3, 0.4) is 0 Å². The van der Waals surface area contributed by atoms with Crippen molar-refractivity contribution < 1.29 is 4.39 Å². The van der Waals surface area contributed by atoms with E-state index in [0.29, 0.717) is 23.6 Å². The van der Waals surface area contributed by atoms with Gasteiger partial charge in [-0.2, -0.15) is 0 Å². The molecule has 0 aliphatic carbocycles. The molecule has 0 atom stereocenters. The minimum Gasteiger partial charge on any atom is -0.383 e. The Balaban J connectivity index is 2.60. The van der Waals surface area contributed by atoms with E-state index >= 15 is 0 Å². The van der Waals surface area contributed by atoms with Crippen molar-refractivity contribution in [1.29, 1.82) is 0 Å². The maximum absolute atomic E-state index is 13.2. The Morgan fingerprint density at radius 1 is 1.50 bits per heavy atom. The van der Waals surface area contributed by atoms with Crippen molar-refractivity contribution in [2.75, 3.05) is 5.73 Å². The first-order chi connectivity index (χ1) is 9.45. The van der Waals surface area contributed by atoms with Crippen molar-refractivity contribution in [3.8, 4) is 23.6 Å². The summed E-state index contributed by atoms with van der Waals surface area (Å²) < 4.78 is 15.0. The lowest BCUT2D eigenvalue weighted by Crippen LogP contribution is -2.07. The highest BCUT2D eigenvalue weighted by atomic mass is 35.5. The van der Waals surface area contributed by atoms with E-state index in [0.717, 1.165) is 5.82 Å². The van der Waals surface area contributed by atoms with Crippen LogP contribution in [0.5, 0.6) is 0 Å². The fraction of sp³-hybridized carbons (Fsp3) is 0.267. The van der Waals surface area contributed by atoms with Gasteiger partial charge in [-0.1, -0.05) is 31.4 Å². The lowest BCUT2D eigenvalue weighted by molar-refractivity contribution is 0.628. The third-order valence-electron chi connectivity index (χ3n) is 3.00. The lowest BCUT2D eigenvalue weighted by Gasteiger charge is -2.08. The second-order valence-corrected chi connectivity index (χ2v) is 5.18. The van der Waals surface area contributed by atoms with Crippen LogP contribution in [0.1, 0.15) is 25.6 Å². The van der Waals surface area contributed by atoms with Gasteiger partial charge >= 0.3 is 0 Å². The van der Waals surface area contributed by atoms with Crippen LogP contribution in [0, 0.1) is 18.2 Å². The Kier molecular flexibility index (Phi) is 4.01. The number of aromatic nitrogens is 2. The molecule has 0 bridgehead atoms. The molecular formula is C15H15ClFN3. The molecule has 0 amide bonds. The molecule has 0 radical (unpaired) electrons. The number of hydrogen-bond acceptors (Lipinski definition) is 2. The second-order valence-electron chi connectivity index (χ2n) is 4.78. The van der Waals surface area contributed by atoms with E-state index in [1.165, 1.54) is 12.1 Å². The number of halogens is 2. The van der Waals surface area contributed by atoms with Crippen molar-refractivity contribution in [1.82, 2.24) is 9.55 Å². The Morgan fingerprint density at radius 2 is 2.20 bits per heavy atom. The van der Waals surface area contributed by atoms with Crippen molar-refractivity contribution in [2.24, 2.45) is 0 Å². The molecular weight excluding hydrogens is 277 g/mol. The average molecular weight is 292 g/mol. The van der Waals surface area contributed by atoms with Crippen molar-refractivity contribution >= 4 is 17.4 Å². The predicted molar refractivity (Wildman–Crippen MR) is 80.0 cm³/mol. The van der Waals surface area contributed by atoms with Gasteiger partial charge in [0.15, 0.2) is 0 Å². The summed E-state index contributed by atoms with van der Waals surface area (Å²) in [7, 11) is 0. The summed E-state index contributed by atoms with van der Waals surface area (Å²) >= 11 is 5.80. The molecule has 0 fully saturated rings. The highest BCUT2D eigenvalue weighted by Crippen LogP contribution is 2.31. The third-order valence-corrected chi connectivity index (χ3v) is 3.28. The topological polar surface area (TPSA) is 43.8 Å². The summed E-state index contributed by atoms with van der Waals surface area (Å²) in [6, 6.07) is 4.41. The summed E-state index contributed by atoms with van der Waals surface area (Å²) in [5.74, 6) is 3.54. The van der Waals surface area contributed by atoms with Crippen LogP contribution in [0.25, 0.3) is 11.3 Å². The van der Waals surface area contributed by atoms with Crippen LogP contribution in [-0.4, -0.2) is 9.55 Å². The predicted octanol–water partition coefficient (Wildman–Crippen LogP) is 3.68. The first-order valence-corrected chi connectivity index (χ1v) is 6.58. The zero-order valence-electron chi connectivity index (χ0n) is 11.3. The number of terminal acetylenes is 1. The molecule has 0 saturated heterocycles. The first-order valence-electron chi connectivity index (χ1n) is 6.20. The molecule has 3 nitrogen and oxygen atoms in total. The number of benzene rings is 1. The minimum atomic E-state index is -0.471. The lowest BCUT2D eigenvalue weighted by atomic mass is 10.1. The van der Waals surface area contributed by atoms with E-state index in [-0.39, 0.29) is 10.9 Å². The summed E-state index contributed by atoms with van der Waals surface area (Å²) in [4.78, 5) is 4.53. The SMILES string of the molecule is C#CCn1c(C(C)C)nc(-c2ccc(F)c(Cl)c2)c1N. The fourth-order valence-electron chi connectivity index (χ4n) is 2.04. The zero-order chi connectivity index (χ0) is 14.9. The highest BCUT2D eigenvalue weighted by Gasteiger charge is 2.18. The van der Waals surface area contributed by atoms with Crippen LogP contribution in [-0.2, 0) is 6.54 Å². The van der Waals surface area contributed by atoms with E-state index in [4.69, 9.17) is 23.8 Å². The molecule has 2 N–H and O–H groups in total. The first kappa shape index (κ1) is 14.4. The van der Waals surface area contributed by atoms with Gasteiger partial charge in [-0.15, -0.1) is 6.42 Å². The Labute approximate surface area is 122 Å². The van der Waals surface area contributed by atoms with Crippen molar-refractivity contribution in [2.45, 2.75) is 26.3 Å². The average Bonchev–Trinajstić information content (AvgIpc) is 2.72. The molecule has 1 aromatic heterocycles. The van der Waals surface area contributed by atoms with Gasteiger partial charge in [-0.3, -0.25) is 0 Å². The van der Waals surface area contributed by atoms with E-state index in [1.807, 2.05) is 13.8 Å². The van der Waals surface area contributed by atoms with E-state index < -0.39 is 5.82 Å². The van der Waals surface area contributed by atoms with Gasteiger partial charge in [0, 0.05) is 11.5 Å². The van der Waals surface area contributed by atoms with Crippen molar-refractivity contribution in [3.05, 3.63) is 34.9 Å². The molecule has 2 aromatic rings. The number of rotatable bonds is 3. The zero-order valence-corrected chi connectivity index (χ0v) is 12.1. The molecule has 0 aliphatic heterocycles. The number of nitrogen functional groups attached to an aromatic ring is 1. The molecule has 2 rings (SSSR count). The Hall–Kier alpha value is -1.99. The van der Waals surface area contributed by atoms with Gasteiger partial charge < -0.3 is 10.3 Å². The third kappa shape index (κ3) is 2.50. The Morgan fingerprint density at radius 3 is 2.75 bits per heavy atom. The summed E-state index contributed by atoms with van der Waals surface area (Å²) in [5, 5.41) is 0.0412. The normalized spacial score (nSPS) is 10.8. The van der Waals surface area contributed by atoms with Crippen LogP contribution < -0.4 is 5.73 Å². The number of imidazole rings is 1. The molecule has 5 heteroatoms. The van der Waals surface area contributed by atoms with Crippen LogP contribution >= 0.6 is 11.6 Å². The minimum absolute atomic E-state index is 0.0412. The molecule has 1 aromatic carbocycles. The Bertz CT molecular complexity index is 683. The van der Waals surface area contributed by atoms with Gasteiger partial charge in [0.25, 0.3) is 0 Å². The monoisotopic (exact) mass is 291 g/mol.